The molecule has 3 aliphatic heterocycles. The van der Waals surface area contributed by atoms with Gasteiger partial charge in [-0.25, -0.2) is 0 Å². The number of hydrogen-bond acceptors (Lipinski definition) is 5. The van der Waals surface area contributed by atoms with Crippen LogP contribution in [0.1, 0.15) is 36.2 Å². The summed E-state index contributed by atoms with van der Waals surface area (Å²) in [6, 6.07) is 12.0. The van der Waals surface area contributed by atoms with E-state index in [-0.39, 0.29) is 23.7 Å². The first-order valence-electron chi connectivity index (χ1n) is 10.9. The van der Waals surface area contributed by atoms with Gasteiger partial charge in [0.15, 0.2) is 5.84 Å². The molecular weight excluding hydrogens is 436 g/mol. The number of amides is 2. The Morgan fingerprint density at radius 2 is 1.91 bits per heavy atom. The Hall–Kier alpha value is -3.46. The summed E-state index contributed by atoms with van der Waals surface area (Å²) in [4.78, 5) is 31.3. The zero-order valence-corrected chi connectivity index (χ0v) is 19.4. The first-order valence-corrected chi connectivity index (χ1v) is 11.8. The van der Waals surface area contributed by atoms with Crippen molar-refractivity contribution in [1.82, 2.24) is 14.5 Å². The number of para-hydroxylation sites is 1. The molecule has 9 heteroatoms. The second kappa shape index (κ2) is 8.47. The van der Waals surface area contributed by atoms with Gasteiger partial charge in [0.05, 0.1) is 12.0 Å². The Morgan fingerprint density at radius 3 is 2.64 bits per heavy atom. The van der Waals surface area contributed by atoms with Crippen LogP contribution >= 0.6 is 11.8 Å². The van der Waals surface area contributed by atoms with E-state index < -0.39 is 5.91 Å². The number of benzene rings is 1. The molecule has 1 aromatic heterocycles. The van der Waals surface area contributed by atoms with Crippen LogP contribution in [-0.4, -0.2) is 55.4 Å². The lowest BCUT2D eigenvalue weighted by Crippen LogP contribution is -2.35. The van der Waals surface area contributed by atoms with E-state index in [1.54, 1.807) is 6.08 Å². The summed E-state index contributed by atoms with van der Waals surface area (Å²) in [5.41, 5.74) is 4.07. The summed E-state index contributed by atoms with van der Waals surface area (Å²) in [6.07, 6.45) is 3.93. The van der Waals surface area contributed by atoms with Crippen molar-refractivity contribution in [1.29, 1.82) is 5.41 Å². The number of fused-ring (bicyclic) bond motifs is 1. The van der Waals surface area contributed by atoms with Gasteiger partial charge in [-0.05, 0) is 68.3 Å². The molecule has 8 nitrogen and oxygen atoms in total. The summed E-state index contributed by atoms with van der Waals surface area (Å²) in [5, 5.41) is 15.3. The molecule has 0 bridgehead atoms. The van der Waals surface area contributed by atoms with Gasteiger partial charge in [-0.3, -0.25) is 15.0 Å². The molecule has 1 saturated heterocycles. The van der Waals surface area contributed by atoms with E-state index in [1.807, 2.05) is 55.1 Å². The van der Waals surface area contributed by atoms with E-state index in [0.717, 1.165) is 48.6 Å². The van der Waals surface area contributed by atoms with Crippen LogP contribution in [0.15, 0.2) is 52.1 Å². The number of aryl methyl sites for hydroxylation is 1. The number of hydrogen-bond donors (Lipinski definition) is 1. The highest BCUT2D eigenvalue weighted by Gasteiger charge is 2.36. The monoisotopic (exact) mass is 460 g/mol. The Bertz CT molecular complexity index is 1250. The van der Waals surface area contributed by atoms with Crippen molar-refractivity contribution in [2.24, 2.45) is 10.1 Å². The fourth-order valence-electron chi connectivity index (χ4n) is 4.37. The largest absolute Gasteiger partial charge is 0.342 e. The van der Waals surface area contributed by atoms with Crippen LogP contribution < -0.4 is 0 Å². The van der Waals surface area contributed by atoms with Crippen molar-refractivity contribution in [3.05, 3.63) is 58.9 Å². The summed E-state index contributed by atoms with van der Waals surface area (Å²) in [7, 11) is 0. The molecule has 0 saturated carbocycles. The van der Waals surface area contributed by atoms with Gasteiger partial charge in [0.25, 0.3) is 5.91 Å². The smallest absolute Gasteiger partial charge is 0.283 e. The molecule has 4 heterocycles. The molecule has 0 radical (unpaired) electrons. The number of likely N-dealkylation sites (tertiary alicyclic amines) is 1. The average molecular weight is 461 g/mol. The summed E-state index contributed by atoms with van der Waals surface area (Å²) < 4.78 is 2.12. The number of thioether (sulfide) groups is 1. The van der Waals surface area contributed by atoms with Gasteiger partial charge in [-0.2, -0.15) is 15.1 Å². The summed E-state index contributed by atoms with van der Waals surface area (Å²) in [5.74, 6) is -0.461. The molecule has 1 aromatic carbocycles. The van der Waals surface area contributed by atoms with E-state index in [0.29, 0.717) is 10.2 Å². The van der Waals surface area contributed by atoms with Crippen LogP contribution in [-0.2, 0) is 9.59 Å². The van der Waals surface area contributed by atoms with Gasteiger partial charge in [0.1, 0.15) is 5.04 Å². The predicted molar refractivity (Wildman–Crippen MR) is 131 cm³/mol. The van der Waals surface area contributed by atoms with Crippen molar-refractivity contribution in [3.63, 3.8) is 0 Å². The number of carbonyl (C=O) groups is 2. The van der Waals surface area contributed by atoms with Crippen LogP contribution in [0.25, 0.3) is 11.8 Å². The van der Waals surface area contributed by atoms with Crippen molar-refractivity contribution in [2.45, 2.75) is 33.1 Å². The molecule has 0 unspecified atom stereocenters. The van der Waals surface area contributed by atoms with Crippen molar-refractivity contribution in [3.8, 4) is 5.69 Å². The molecular formula is C24H24N6O2S. The third-order valence-corrected chi connectivity index (χ3v) is 6.95. The van der Waals surface area contributed by atoms with Crippen molar-refractivity contribution < 1.29 is 9.59 Å². The van der Waals surface area contributed by atoms with E-state index in [4.69, 9.17) is 5.41 Å². The fraction of sp³-hybridized carbons (Fsp3) is 0.292. The fourth-order valence-corrected chi connectivity index (χ4v) is 5.25. The van der Waals surface area contributed by atoms with Gasteiger partial charge in [0, 0.05) is 30.2 Å². The number of nitrogens with zero attached hydrogens (tertiary/aromatic N) is 5. The minimum Gasteiger partial charge on any atom is -0.342 e. The third-order valence-electron chi connectivity index (χ3n) is 6.04. The van der Waals surface area contributed by atoms with Gasteiger partial charge < -0.3 is 9.47 Å². The maximum atomic E-state index is 12.8. The number of carbonyl (C=O) groups excluding carboxylic acids is 2. The van der Waals surface area contributed by atoms with E-state index in [2.05, 4.69) is 14.7 Å². The molecule has 2 aromatic rings. The highest BCUT2D eigenvalue weighted by atomic mass is 32.2. The first-order chi connectivity index (χ1) is 15.9. The molecule has 2 amide bonds. The molecule has 0 aliphatic carbocycles. The quantitative estimate of drug-likeness (QED) is 0.704. The van der Waals surface area contributed by atoms with Crippen molar-refractivity contribution >= 4 is 45.7 Å². The standard InChI is InChI=1S/C24H24N6O2S/c1-15-12-17(16(2)29(15)18-8-4-3-5-9-18)13-19-22(25)30-24(26-23(19)32)33-20(27-30)14-21(31)28-10-6-7-11-28/h3-5,8-9,12-13,25H,6-7,10-11,14H2,1-2H3/b19-13-,25-22?. The zero-order chi connectivity index (χ0) is 23.1. The maximum Gasteiger partial charge on any atom is 0.283 e. The Labute approximate surface area is 196 Å². The van der Waals surface area contributed by atoms with Crippen LogP contribution in [0.3, 0.4) is 0 Å². The van der Waals surface area contributed by atoms with Crippen LogP contribution in [0.5, 0.6) is 0 Å². The molecule has 168 valence electrons. The molecule has 0 atom stereocenters. The van der Waals surface area contributed by atoms with Crippen LogP contribution in [0, 0.1) is 19.3 Å². The van der Waals surface area contributed by atoms with E-state index >= 15 is 0 Å². The summed E-state index contributed by atoms with van der Waals surface area (Å²) in [6.45, 7) is 5.56. The Morgan fingerprint density at radius 1 is 1.18 bits per heavy atom. The highest BCUT2D eigenvalue weighted by molar-refractivity contribution is 8.27. The average Bonchev–Trinajstić information content (AvgIpc) is 3.52. The highest BCUT2D eigenvalue weighted by Crippen LogP contribution is 2.31. The second-order valence-corrected chi connectivity index (χ2v) is 9.32. The lowest BCUT2D eigenvalue weighted by molar-refractivity contribution is -0.128. The number of aliphatic imine (C=N–C) groups is 1. The Balaban J connectivity index is 1.41. The van der Waals surface area contributed by atoms with Crippen molar-refractivity contribution in [2.75, 3.05) is 13.1 Å². The van der Waals surface area contributed by atoms with Crippen LogP contribution in [0.2, 0.25) is 0 Å². The maximum absolute atomic E-state index is 12.8. The normalized spacial score (nSPS) is 19.3. The number of aromatic nitrogens is 1. The molecule has 33 heavy (non-hydrogen) atoms. The SMILES string of the molecule is Cc1cc(/C=C2/C(=N)N3N=C(CC(=O)N4CCCC4)SC3=NC2=O)c(C)n1-c1ccccc1. The van der Waals surface area contributed by atoms with E-state index in [1.165, 1.54) is 16.8 Å². The third kappa shape index (κ3) is 3.93. The molecule has 1 N–H and O–H groups in total. The minimum absolute atomic E-state index is 0.0226. The van der Waals surface area contributed by atoms with Gasteiger partial charge in [-0.15, -0.1) is 0 Å². The Kier molecular flexibility index (Phi) is 5.49. The minimum atomic E-state index is -0.467. The molecule has 1 fully saturated rings. The number of nitrogens with one attached hydrogen (secondary N) is 1. The lowest BCUT2D eigenvalue weighted by Gasteiger charge is -2.20. The van der Waals surface area contributed by atoms with E-state index in [9.17, 15) is 9.59 Å². The predicted octanol–water partition coefficient (Wildman–Crippen LogP) is 3.73. The lowest BCUT2D eigenvalue weighted by atomic mass is 10.1. The van der Waals surface area contributed by atoms with Crippen LogP contribution in [0.4, 0.5) is 0 Å². The number of amidine groups is 2. The van der Waals surface area contributed by atoms with Gasteiger partial charge >= 0.3 is 0 Å². The molecule has 0 spiro atoms. The molecule has 5 rings (SSSR count). The first kappa shape index (κ1) is 21.4. The zero-order valence-electron chi connectivity index (χ0n) is 18.5. The van der Waals surface area contributed by atoms with Gasteiger partial charge in [0.2, 0.25) is 11.1 Å². The topological polar surface area (TPSA) is 94.1 Å². The van der Waals surface area contributed by atoms with Gasteiger partial charge in [-0.1, -0.05) is 18.2 Å². The number of hydrazone groups is 1. The number of rotatable bonds is 4. The second-order valence-electron chi connectivity index (χ2n) is 8.28. The molecule has 3 aliphatic rings. The summed E-state index contributed by atoms with van der Waals surface area (Å²) >= 11 is 1.19.